The van der Waals surface area contributed by atoms with E-state index in [2.05, 4.69) is 5.32 Å². The molecule has 0 radical (unpaired) electrons. The average molecular weight is 406 g/mol. The molecule has 5 nitrogen and oxygen atoms in total. The Balaban J connectivity index is 2.00. The second-order valence-electron chi connectivity index (χ2n) is 6.80. The number of amides is 1. The fraction of sp³-hybridized carbons (Fsp3) is 0.409. The van der Waals surface area contributed by atoms with Gasteiger partial charge in [-0.3, -0.25) is 4.79 Å². The van der Waals surface area contributed by atoms with Crippen molar-refractivity contribution in [3.63, 3.8) is 0 Å². The van der Waals surface area contributed by atoms with Crippen LogP contribution in [0.25, 0.3) is 0 Å². The van der Waals surface area contributed by atoms with Crippen molar-refractivity contribution in [1.29, 1.82) is 0 Å². The smallest absolute Gasteiger partial charge is 0.261 e. The molecule has 152 valence electrons. The molecule has 2 rings (SSSR count). The maximum Gasteiger partial charge on any atom is 0.261 e. The molecule has 0 spiro atoms. The Morgan fingerprint density at radius 2 is 1.86 bits per heavy atom. The highest BCUT2D eigenvalue weighted by atomic mass is 35.5. The van der Waals surface area contributed by atoms with Gasteiger partial charge in [0.05, 0.1) is 13.2 Å². The van der Waals surface area contributed by atoms with E-state index in [1.165, 1.54) is 0 Å². The predicted octanol–water partition coefficient (Wildman–Crippen LogP) is 4.92. The van der Waals surface area contributed by atoms with E-state index in [0.29, 0.717) is 35.2 Å². The first-order valence-electron chi connectivity index (χ1n) is 9.38. The lowest BCUT2D eigenvalue weighted by molar-refractivity contribution is -0.128. The Labute approximate surface area is 171 Å². The molecule has 6 heteroatoms. The van der Waals surface area contributed by atoms with Gasteiger partial charge in [-0.2, -0.15) is 0 Å². The minimum atomic E-state index is -0.578. The summed E-state index contributed by atoms with van der Waals surface area (Å²) in [5, 5.41) is 3.59. The molecule has 0 aromatic heterocycles. The van der Waals surface area contributed by atoms with Crippen LogP contribution in [0, 0.1) is 6.92 Å². The number of hydrogen-bond acceptors (Lipinski definition) is 4. The molecule has 2 aromatic rings. The van der Waals surface area contributed by atoms with E-state index in [-0.39, 0.29) is 12.0 Å². The summed E-state index contributed by atoms with van der Waals surface area (Å²) in [6, 6.07) is 11.0. The number of nitrogens with one attached hydrogen (secondary N) is 1. The standard InChI is InChI=1S/C22H28ClNO4/c1-6-19(28-17-8-9-18(23)15(4)11-17)22(25)24-13-16-7-10-20(27-14(2)3)21(12-16)26-5/h7-12,14,19H,6,13H2,1-5H3,(H,24,25). The highest BCUT2D eigenvalue weighted by Gasteiger charge is 2.18. The van der Waals surface area contributed by atoms with E-state index >= 15 is 0 Å². The molecule has 0 fully saturated rings. The number of hydrogen-bond donors (Lipinski definition) is 1. The Hall–Kier alpha value is -2.40. The van der Waals surface area contributed by atoms with Gasteiger partial charge in [0.15, 0.2) is 17.6 Å². The van der Waals surface area contributed by atoms with Crippen LogP contribution < -0.4 is 19.5 Å². The molecular formula is C22H28ClNO4. The number of carbonyl (C=O) groups is 1. The van der Waals surface area contributed by atoms with Crippen LogP contribution in [0.1, 0.15) is 38.3 Å². The minimum absolute atomic E-state index is 0.0541. The zero-order chi connectivity index (χ0) is 20.7. The second kappa shape index (κ2) is 10.2. The average Bonchev–Trinajstić information content (AvgIpc) is 2.67. The quantitative estimate of drug-likeness (QED) is 0.643. The third-order valence-corrected chi connectivity index (χ3v) is 4.55. The zero-order valence-corrected chi connectivity index (χ0v) is 17.8. The van der Waals surface area contributed by atoms with E-state index in [9.17, 15) is 4.79 Å². The van der Waals surface area contributed by atoms with Gasteiger partial charge in [0.2, 0.25) is 0 Å². The van der Waals surface area contributed by atoms with Gasteiger partial charge in [0, 0.05) is 11.6 Å². The Bertz CT molecular complexity index is 807. The maximum absolute atomic E-state index is 12.6. The van der Waals surface area contributed by atoms with Crippen molar-refractivity contribution < 1.29 is 19.0 Å². The number of carbonyl (C=O) groups excluding carboxylic acids is 1. The van der Waals surface area contributed by atoms with E-state index in [0.717, 1.165) is 11.1 Å². The molecule has 0 bridgehead atoms. The van der Waals surface area contributed by atoms with Crippen LogP contribution in [-0.2, 0) is 11.3 Å². The Morgan fingerprint density at radius 1 is 1.11 bits per heavy atom. The van der Waals surface area contributed by atoms with Crippen molar-refractivity contribution in [2.24, 2.45) is 0 Å². The fourth-order valence-electron chi connectivity index (χ4n) is 2.65. The van der Waals surface area contributed by atoms with Crippen molar-refractivity contribution >= 4 is 17.5 Å². The van der Waals surface area contributed by atoms with Crippen LogP contribution >= 0.6 is 11.6 Å². The van der Waals surface area contributed by atoms with Crippen molar-refractivity contribution in [1.82, 2.24) is 5.32 Å². The van der Waals surface area contributed by atoms with Crippen LogP contribution in [0.15, 0.2) is 36.4 Å². The summed E-state index contributed by atoms with van der Waals surface area (Å²) in [5.41, 5.74) is 1.82. The van der Waals surface area contributed by atoms with Crippen molar-refractivity contribution in [3.05, 3.63) is 52.5 Å². The van der Waals surface area contributed by atoms with Crippen LogP contribution in [0.5, 0.6) is 17.2 Å². The molecule has 1 N–H and O–H groups in total. The van der Waals surface area contributed by atoms with Gasteiger partial charge < -0.3 is 19.5 Å². The summed E-state index contributed by atoms with van der Waals surface area (Å²) in [5.74, 6) is 1.78. The molecule has 0 aliphatic rings. The lowest BCUT2D eigenvalue weighted by atomic mass is 10.2. The number of rotatable bonds is 9. The molecule has 0 saturated carbocycles. The summed E-state index contributed by atoms with van der Waals surface area (Å²) >= 11 is 6.04. The molecular weight excluding hydrogens is 378 g/mol. The largest absolute Gasteiger partial charge is 0.493 e. The van der Waals surface area contributed by atoms with Crippen LogP contribution in [-0.4, -0.2) is 25.2 Å². The molecule has 1 amide bonds. The monoisotopic (exact) mass is 405 g/mol. The molecule has 0 aliphatic carbocycles. The van der Waals surface area contributed by atoms with Crippen LogP contribution in [0.4, 0.5) is 0 Å². The third kappa shape index (κ3) is 6.06. The van der Waals surface area contributed by atoms with E-state index in [1.54, 1.807) is 19.2 Å². The van der Waals surface area contributed by atoms with Gasteiger partial charge in [-0.25, -0.2) is 0 Å². The first-order chi connectivity index (χ1) is 13.3. The van der Waals surface area contributed by atoms with Gasteiger partial charge in [-0.1, -0.05) is 24.6 Å². The number of methoxy groups -OCH3 is 1. The predicted molar refractivity (Wildman–Crippen MR) is 112 cm³/mol. The highest BCUT2D eigenvalue weighted by Crippen LogP contribution is 2.29. The Morgan fingerprint density at radius 3 is 2.46 bits per heavy atom. The van der Waals surface area contributed by atoms with Crippen LogP contribution in [0.2, 0.25) is 5.02 Å². The summed E-state index contributed by atoms with van der Waals surface area (Å²) in [7, 11) is 1.60. The van der Waals surface area contributed by atoms with E-state index in [4.69, 9.17) is 25.8 Å². The molecule has 0 aliphatic heterocycles. The summed E-state index contributed by atoms with van der Waals surface area (Å²) in [6.45, 7) is 8.10. The topological polar surface area (TPSA) is 56.8 Å². The first-order valence-corrected chi connectivity index (χ1v) is 9.76. The highest BCUT2D eigenvalue weighted by molar-refractivity contribution is 6.31. The Kier molecular flexibility index (Phi) is 8.00. The van der Waals surface area contributed by atoms with Crippen molar-refractivity contribution in [2.75, 3.05) is 7.11 Å². The fourth-order valence-corrected chi connectivity index (χ4v) is 2.77. The molecule has 0 saturated heterocycles. The molecule has 0 heterocycles. The van der Waals surface area contributed by atoms with E-state index in [1.807, 2.05) is 52.0 Å². The van der Waals surface area contributed by atoms with Gasteiger partial charge in [-0.05, 0) is 68.7 Å². The second-order valence-corrected chi connectivity index (χ2v) is 7.20. The zero-order valence-electron chi connectivity index (χ0n) is 17.0. The minimum Gasteiger partial charge on any atom is -0.493 e. The SMILES string of the molecule is CCC(Oc1ccc(Cl)c(C)c1)C(=O)NCc1ccc(OC(C)C)c(OC)c1. The summed E-state index contributed by atoms with van der Waals surface area (Å²) < 4.78 is 16.9. The van der Waals surface area contributed by atoms with Gasteiger partial charge in [0.25, 0.3) is 5.91 Å². The third-order valence-electron chi connectivity index (χ3n) is 4.13. The summed E-state index contributed by atoms with van der Waals surface area (Å²) in [4.78, 5) is 12.6. The number of benzene rings is 2. The van der Waals surface area contributed by atoms with Gasteiger partial charge >= 0.3 is 0 Å². The van der Waals surface area contributed by atoms with Crippen LogP contribution in [0.3, 0.4) is 0 Å². The van der Waals surface area contributed by atoms with Crippen molar-refractivity contribution in [2.45, 2.75) is 52.9 Å². The normalized spacial score (nSPS) is 11.8. The molecule has 1 unspecified atom stereocenters. The number of halogens is 1. The van der Waals surface area contributed by atoms with Crippen molar-refractivity contribution in [3.8, 4) is 17.2 Å². The van der Waals surface area contributed by atoms with Gasteiger partial charge in [0.1, 0.15) is 5.75 Å². The molecule has 28 heavy (non-hydrogen) atoms. The number of ether oxygens (including phenoxy) is 3. The molecule has 2 aromatic carbocycles. The maximum atomic E-state index is 12.6. The molecule has 1 atom stereocenters. The van der Waals surface area contributed by atoms with Gasteiger partial charge in [-0.15, -0.1) is 0 Å². The number of aryl methyl sites for hydroxylation is 1. The first kappa shape index (κ1) is 21.9. The lowest BCUT2D eigenvalue weighted by Crippen LogP contribution is -2.37. The summed E-state index contributed by atoms with van der Waals surface area (Å²) in [6.07, 6.45) is 0.0299. The lowest BCUT2D eigenvalue weighted by Gasteiger charge is -2.18. The van der Waals surface area contributed by atoms with E-state index < -0.39 is 6.10 Å².